The highest BCUT2D eigenvalue weighted by atomic mass is 35.5. The number of nitrogens with zero attached hydrogens (tertiary/aromatic N) is 2. The molecule has 1 N–H and O–H groups in total. The quantitative estimate of drug-likeness (QED) is 0.181. The van der Waals surface area contributed by atoms with Gasteiger partial charge in [0.15, 0.2) is 6.61 Å². The average molecular weight is 454 g/mol. The van der Waals surface area contributed by atoms with Crippen molar-refractivity contribution in [2.24, 2.45) is 5.10 Å². The zero-order chi connectivity index (χ0) is 22.9. The third-order valence-corrected chi connectivity index (χ3v) is 4.26. The fraction of sp³-hybridized carbons (Fsp3) is 0.0455. The number of esters is 1. The molecule has 0 spiro atoms. The lowest BCUT2D eigenvalue weighted by Gasteiger charge is -2.07. The third-order valence-electron chi connectivity index (χ3n) is 4.01. The maximum absolute atomic E-state index is 12.3. The van der Waals surface area contributed by atoms with E-state index >= 15 is 0 Å². The highest BCUT2D eigenvalue weighted by molar-refractivity contribution is 6.30. The van der Waals surface area contributed by atoms with Gasteiger partial charge in [0, 0.05) is 22.7 Å². The first kappa shape index (κ1) is 22.4. The van der Waals surface area contributed by atoms with Gasteiger partial charge in [-0.3, -0.25) is 14.9 Å². The first-order chi connectivity index (χ1) is 15.4. The topological polar surface area (TPSA) is 120 Å². The van der Waals surface area contributed by atoms with Gasteiger partial charge in [-0.2, -0.15) is 5.10 Å². The number of nitrogens with one attached hydrogen (secondary N) is 1. The van der Waals surface area contributed by atoms with E-state index in [0.29, 0.717) is 16.3 Å². The van der Waals surface area contributed by atoms with Crippen molar-refractivity contribution in [2.45, 2.75) is 0 Å². The van der Waals surface area contributed by atoms with Crippen molar-refractivity contribution in [3.05, 3.63) is 99.1 Å². The fourth-order valence-electron chi connectivity index (χ4n) is 2.44. The van der Waals surface area contributed by atoms with Crippen LogP contribution in [0.3, 0.4) is 0 Å². The highest BCUT2D eigenvalue weighted by Crippen LogP contribution is 2.19. The first-order valence-electron chi connectivity index (χ1n) is 9.18. The van der Waals surface area contributed by atoms with E-state index in [2.05, 4.69) is 10.5 Å². The number of non-ortho nitro benzene ring substituents is 1. The lowest BCUT2D eigenvalue weighted by Crippen LogP contribution is -2.24. The van der Waals surface area contributed by atoms with E-state index in [4.69, 9.17) is 21.1 Å². The Bertz CT molecular complexity index is 1150. The van der Waals surface area contributed by atoms with Gasteiger partial charge in [-0.1, -0.05) is 23.7 Å². The average Bonchev–Trinajstić information content (AvgIpc) is 2.80. The van der Waals surface area contributed by atoms with Gasteiger partial charge < -0.3 is 9.47 Å². The van der Waals surface area contributed by atoms with E-state index in [0.717, 1.165) is 0 Å². The van der Waals surface area contributed by atoms with Crippen LogP contribution in [-0.4, -0.2) is 29.6 Å². The van der Waals surface area contributed by atoms with Gasteiger partial charge in [0.05, 0.1) is 16.7 Å². The standard InChI is InChI=1S/C22H16ClN3O6/c23-17-7-11-19(12-8-17)31-14-21(27)25-24-13-16-3-1-2-4-20(16)32-22(28)15-5-9-18(10-6-15)26(29)30/h1-13H,14H2,(H,25,27)/b24-13-. The van der Waals surface area contributed by atoms with E-state index in [1.165, 1.54) is 30.5 Å². The summed E-state index contributed by atoms with van der Waals surface area (Å²) in [5.41, 5.74) is 2.76. The van der Waals surface area contributed by atoms with Crippen LogP contribution >= 0.6 is 11.6 Å². The largest absolute Gasteiger partial charge is 0.484 e. The molecule has 32 heavy (non-hydrogen) atoms. The van der Waals surface area contributed by atoms with Crippen molar-refractivity contribution in [3.63, 3.8) is 0 Å². The molecule has 0 aliphatic rings. The number of carbonyl (C=O) groups is 2. The molecule has 0 aliphatic heterocycles. The number of amides is 1. The van der Waals surface area contributed by atoms with E-state index in [-0.39, 0.29) is 23.6 Å². The van der Waals surface area contributed by atoms with Crippen molar-refractivity contribution >= 4 is 35.4 Å². The van der Waals surface area contributed by atoms with Crippen LogP contribution in [0.2, 0.25) is 5.02 Å². The Labute approximate surface area is 187 Å². The van der Waals surface area contributed by atoms with Gasteiger partial charge in [-0.05, 0) is 48.5 Å². The smallest absolute Gasteiger partial charge is 0.343 e. The number of para-hydroxylation sites is 1. The summed E-state index contributed by atoms with van der Waals surface area (Å²) < 4.78 is 10.7. The van der Waals surface area contributed by atoms with Crippen LogP contribution in [-0.2, 0) is 4.79 Å². The number of nitro benzene ring substituents is 1. The number of hydrazone groups is 1. The van der Waals surface area contributed by atoms with Gasteiger partial charge in [0.2, 0.25) is 0 Å². The molecule has 0 heterocycles. The number of benzene rings is 3. The number of carbonyl (C=O) groups excluding carboxylic acids is 2. The number of hydrogen-bond donors (Lipinski definition) is 1. The second-order valence-corrected chi connectivity index (χ2v) is 6.70. The minimum atomic E-state index is -0.693. The molecular formula is C22H16ClN3O6. The molecule has 0 atom stereocenters. The number of rotatable bonds is 8. The van der Waals surface area contributed by atoms with Crippen LogP contribution in [0.25, 0.3) is 0 Å². The number of hydrogen-bond acceptors (Lipinski definition) is 7. The molecule has 0 unspecified atom stereocenters. The van der Waals surface area contributed by atoms with E-state index in [1.807, 2.05) is 0 Å². The van der Waals surface area contributed by atoms with Crippen LogP contribution in [0.1, 0.15) is 15.9 Å². The predicted octanol–water partition coefficient (Wildman–Crippen LogP) is 4.00. The summed E-state index contributed by atoms with van der Waals surface area (Å²) >= 11 is 5.79. The minimum Gasteiger partial charge on any atom is -0.484 e. The van der Waals surface area contributed by atoms with Crippen molar-refractivity contribution in [2.75, 3.05) is 6.61 Å². The van der Waals surface area contributed by atoms with E-state index < -0.39 is 16.8 Å². The predicted molar refractivity (Wildman–Crippen MR) is 117 cm³/mol. The van der Waals surface area contributed by atoms with E-state index in [9.17, 15) is 19.7 Å². The van der Waals surface area contributed by atoms with Crippen LogP contribution in [0.15, 0.2) is 77.9 Å². The van der Waals surface area contributed by atoms with Crippen molar-refractivity contribution in [1.29, 1.82) is 0 Å². The van der Waals surface area contributed by atoms with Crippen molar-refractivity contribution in [3.8, 4) is 11.5 Å². The molecule has 3 rings (SSSR count). The minimum absolute atomic E-state index is 0.134. The fourth-order valence-corrected chi connectivity index (χ4v) is 2.57. The molecule has 0 fully saturated rings. The van der Waals surface area contributed by atoms with Crippen LogP contribution in [0.5, 0.6) is 11.5 Å². The Morgan fingerprint density at radius 1 is 1.03 bits per heavy atom. The van der Waals surface area contributed by atoms with Gasteiger partial charge >= 0.3 is 5.97 Å². The normalized spacial score (nSPS) is 10.5. The third kappa shape index (κ3) is 6.38. The maximum Gasteiger partial charge on any atom is 0.343 e. The second-order valence-electron chi connectivity index (χ2n) is 6.27. The number of nitro groups is 1. The zero-order valence-electron chi connectivity index (χ0n) is 16.4. The molecule has 0 aromatic heterocycles. The van der Waals surface area contributed by atoms with Crippen molar-refractivity contribution < 1.29 is 24.0 Å². The summed E-state index contributed by atoms with van der Waals surface area (Å²) in [6.45, 7) is -0.254. The molecule has 0 saturated heterocycles. The van der Waals surface area contributed by atoms with Gasteiger partial charge in [0.1, 0.15) is 11.5 Å². The molecule has 0 aliphatic carbocycles. The lowest BCUT2D eigenvalue weighted by atomic mass is 10.2. The molecule has 10 heteroatoms. The Kier molecular flexibility index (Phi) is 7.50. The van der Waals surface area contributed by atoms with Crippen LogP contribution < -0.4 is 14.9 Å². The Morgan fingerprint density at radius 3 is 2.41 bits per heavy atom. The summed E-state index contributed by atoms with van der Waals surface area (Å²) in [7, 11) is 0. The number of halogens is 1. The summed E-state index contributed by atoms with van der Waals surface area (Å²) in [4.78, 5) is 34.4. The molecular weight excluding hydrogens is 438 g/mol. The number of ether oxygens (including phenoxy) is 2. The summed E-state index contributed by atoms with van der Waals surface area (Å²) in [5, 5.41) is 15.1. The maximum atomic E-state index is 12.3. The molecule has 3 aromatic carbocycles. The molecule has 0 saturated carbocycles. The SMILES string of the molecule is O=C(COc1ccc(Cl)cc1)N/N=C\c1ccccc1OC(=O)c1ccc([N+](=O)[O-])cc1. The Balaban J connectivity index is 1.57. The lowest BCUT2D eigenvalue weighted by molar-refractivity contribution is -0.384. The van der Waals surface area contributed by atoms with Crippen LogP contribution in [0, 0.1) is 10.1 Å². The second kappa shape index (κ2) is 10.7. The highest BCUT2D eigenvalue weighted by Gasteiger charge is 2.13. The molecule has 0 radical (unpaired) electrons. The summed E-state index contributed by atoms with van der Waals surface area (Å²) in [5.74, 6) is -0.499. The Morgan fingerprint density at radius 2 is 1.72 bits per heavy atom. The molecule has 0 bridgehead atoms. The van der Waals surface area contributed by atoms with Crippen molar-refractivity contribution in [1.82, 2.24) is 5.43 Å². The monoisotopic (exact) mass is 453 g/mol. The zero-order valence-corrected chi connectivity index (χ0v) is 17.2. The summed E-state index contributed by atoms with van der Waals surface area (Å²) in [6, 6.07) is 18.1. The van der Waals surface area contributed by atoms with E-state index in [1.54, 1.807) is 48.5 Å². The first-order valence-corrected chi connectivity index (χ1v) is 9.56. The molecule has 162 valence electrons. The van der Waals surface area contributed by atoms with Gasteiger partial charge in [-0.15, -0.1) is 0 Å². The summed E-state index contributed by atoms with van der Waals surface area (Å²) in [6.07, 6.45) is 1.32. The molecule has 3 aromatic rings. The van der Waals surface area contributed by atoms with Gasteiger partial charge in [-0.25, -0.2) is 10.2 Å². The molecule has 9 nitrogen and oxygen atoms in total. The van der Waals surface area contributed by atoms with Gasteiger partial charge in [0.25, 0.3) is 11.6 Å². The molecule has 1 amide bonds. The van der Waals surface area contributed by atoms with Crippen LogP contribution in [0.4, 0.5) is 5.69 Å². The Hall–Kier alpha value is -4.24.